The highest BCUT2D eigenvalue weighted by Crippen LogP contribution is 2.26. The van der Waals surface area contributed by atoms with Crippen molar-refractivity contribution in [1.82, 2.24) is 10.3 Å². The van der Waals surface area contributed by atoms with Crippen molar-refractivity contribution >= 4 is 16.5 Å². The zero-order valence-electron chi connectivity index (χ0n) is 12.3. The molecule has 1 rings (SSSR count). The molecule has 0 amide bonds. The molecular weight excluding hydrogens is 262 g/mol. The largest absolute Gasteiger partial charge is 0.383 e. The first-order chi connectivity index (χ1) is 9.22. The summed E-state index contributed by atoms with van der Waals surface area (Å²) in [6.07, 6.45) is 1.96. The molecule has 0 aromatic carbocycles. The van der Waals surface area contributed by atoms with Crippen LogP contribution in [0.3, 0.4) is 0 Å². The van der Waals surface area contributed by atoms with Gasteiger partial charge in [0.05, 0.1) is 13.2 Å². The summed E-state index contributed by atoms with van der Waals surface area (Å²) in [7, 11) is 3.43. The maximum Gasteiger partial charge on any atom is 0.185 e. The Morgan fingerprint density at radius 3 is 2.47 bits per heavy atom. The second-order valence-electron chi connectivity index (χ2n) is 4.30. The highest BCUT2D eigenvalue weighted by molar-refractivity contribution is 7.15. The molecule has 0 aliphatic rings. The van der Waals surface area contributed by atoms with Crippen molar-refractivity contribution in [3.8, 4) is 0 Å². The van der Waals surface area contributed by atoms with Crippen LogP contribution in [0.2, 0.25) is 0 Å². The summed E-state index contributed by atoms with van der Waals surface area (Å²) in [6.45, 7) is 8.30. The van der Waals surface area contributed by atoms with E-state index in [1.807, 2.05) is 6.20 Å². The number of hydrogen-bond acceptors (Lipinski definition) is 6. The van der Waals surface area contributed by atoms with Crippen molar-refractivity contribution in [2.75, 3.05) is 52.0 Å². The quantitative estimate of drug-likeness (QED) is 0.712. The van der Waals surface area contributed by atoms with Crippen molar-refractivity contribution in [1.29, 1.82) is 0 Å². The summed E-state index contributed by atoms with van der Waals surface area (Å²) in [6, 6.07) is 0.350. The Bertz CT molecular complexity index is 338. The Labute approximate surface area is 119 Å². The molecule has 1 unspecified atom stereocenters. The van der Waals surface area contributed by atoms with Crippen LogP contribution in [0.1, 0.15) is 24.8 Å². The number of nitrogens with one attached hydrogen (secondary N) is 1. The van der Waals surface area contributed by atoms with E-state index in [0.717, 1.165) is 24.8 Å². The molecule has 6 heteroatoms. The first-order valence-corrected chi connectivity index (χ1v) is 7.46. The summed E-state index contributed by atoms with van der Waals surface area (Å²) in [5.41, 5.74) is 0. The lowest BCUT2D eigenvalue weighted by Crippen LogP contribution is -2.30. The highest BCUT2D eigenvalue weighted by atomic mass is 32.1. The van der Waals surface area contributed by atoms with Gasteiger partial charge >= 0.3 is 0 Å². The third-order valence-corrected chi connectivity index (χ3v) is 4.09. The predicted molar refractivity (Wildman–Crippen MR) is 80.2 cm³/mol. The van der Waals surface area contributed by atoms with E-state index >= 15 is 0 Å². The van der Waals surface area contributed by atoms with Crippen LogP contribution in [0.5, 0.6) is 0 Å². The fraction of sp³-hybridized carbons (Fsp3) is 0.769. The van der Waals surface area contributed by atoms with E-state index in [1.54, 1.807) is 25.6 Å². The molecule has 110 valence electrons. The first-order valence-electron chi connectivity index (χ1n) is 6.64. The average Bonchev–Trinajstić information content (AvgIpc) is 2.89. The number of hydrogen-bond donors (Lipinski definition) is 1. The number of ether oxygens (including phenoxy) is 2. The third-order valence-electron chi connectivity index (χ3n) is 2.85. The number of thiazole rings is 1. The lowest BCUT2D eigenvalue weighted by atomic mass is 10.3. The summed E-state index contributed by atoms with van der Waals surface area (Å²) in [4.78, 5) is 7.99. The molecule has 0 saturated heterocycles. The van der Waals surface area contributed by atoms with Crippen molar-refractivity contribution in [3.05, 3.63) is 11.1 Å². The fourth-order valence-electron chi connectivity index (χ4n) is 1.74. The van der Waals surface area contributed by atoms with Crippen LogP contribution < -0.4 is 10.2 Å². The van der Waals surface area contributed by atoms with Crippen molar-refractivity contribution in [3.63, 3.8) is 0 Å². The summed E-state index contributed by atoms with van der Waals surface area (Å²) >= 11 is 1.73. The van der Waals surface area contributed by atoms with E-state index in [1.165, 1.54) is 4.88 Å². The minimum Gasteiger partial charge on any atom is -0.383 e. The van der Waals surface area contributed by atoms with E-state index in [2.05, 4.69) is 29.0 Å². The van der Waals surface area contributed by atoms with Crippen LogP contribution >= 0.6 is 11.3 Å². The van der Waals surface area contributed by atoms with Gasteiger partial charge in [-0.05, 0) is 13.5 Å². The second-order valence-corrected chi connectivity index (χ2v) is 5.34. The average molecular weight is 287 g/mol. The molecule has 0 bridgehead atoms. The van der Waals surface area contributed by atoms with Gasteiger partial charge in [0.25, 0.3) is 0 Å². The van der Waals surface area contributed by atoms with Crippen LogP contribution in [-0.4, -0.2) is 52.1 Å². The minimum absolute atomic E-state index is 0.350. The Kier molecular flexibility index (Phi) is 7.97. The number of aromatic nitrogens is 1. The first kappa shape index (κ1) is 16.4. The van der Waals surface area contributed by atoms with Gasteiger partial charge in [-0.25, -0.2) is 4.98 Å². The Hall–Kier alpha value is -0.690. The van der Waals surface area contributed by atoms with Crippen molar-refractivity contribution in [2.45, 2.75) is 19.9 Å². The van der Waals surface area contributed by atoms with Gasteiger partial charge in [0.2, 0.25) is 0 Å². The molecule has 0 spiro atoms. The fourth-order valence-corrected chi connectivity index (χ4v) is 2.73. The lowest BCUT2D eigenvalue weighted by Gasteiger charge is -2.20. The number of nitrogens with zero attached hydrogens (tertiary/aromatic N) is 2. The molecular formula is C13H25N3O2S. The number of methoxy groups -OCH3 is 2. The molecule has 1 aromatic heterocycles. The molecule has 0 saturated carbocycles. The minimum atomic E-state index is 0.350. The molecule has 5 nitrogen and oxygen atoms in total. The summed E-state index contributed by atoms with van der Waals surface area (Å²) in [5.74, 6) is 0. The Morgan fingerprint density at radius 1 is 1.32 bits per heavy atom. The van der Waals surface area contributed by atoms with Crippen LogP contribution in [0.4, 0.5) is 5.13 Å². The second kappa shape index (κ2) is 9.25. The summed E-state index contributed by atoms with van der Waals surface area (Å²) in [5, 5.41) is 4.44. The van der Waals surface area contributed by atoms with Gasteiger partial charge < -0.3 is 19.7 Å². The van der Waals surface area contributed by atoms with Gasteiger partial charge in [-0.2, -0.15) is 0 Å². The molecule has 0 aliphatic heterocycles. The lowest BCUT2D eigenvalue weighted by molar-refractivity contribution is 0.190. The highest BCUT2D eigenvalue weighted by Gasteiger charge is 2.13. The SMILES string of the molecule is CCNC(C)c1cnc(N(CCOC)CCOC)s1. The molecule has 1 heterocycles. The molecule has 0 aliphatic carbocycles. The molecule has 1 aromatic rings. The van der Waals surface area contributed by atoms with Gasteiger partial charge in [0.1, 0.15) is 0 Å². The molecule has 0 radical (unpaired) electrons. The van der Waals surface area contributed by atoms with Gasteiger partial charge in [0.15, 0.2) is 5.13 Å². The van der Waals surface area contributed by atoms with Crippen molar-refractivity contribution in [2.24, 2.45) is 0 Å². The van der Waals surface area contributed by atoms with Crippen LogP contribution in [0.15, 0.2) is 6.20 Å². The smallest absolute Gasteiger partial charge is 0.185 e. The number of rotatable bonds is 10. The summed E-state index contributed by atoms with van der Waals surface area (Å²) < 4.78 is 10.3. The topological polar surface area (TPSA) is 46.6 Å². The van der Waals surface area contributed by atoms with Crippen molar-refractivity contribution < 1.29 is 9.47 Å². The monoisotopic (exact) mass is 287 g/mol. The van der Waals surface area contributed by atoms with E-state index < -0.39 is 0 Å². The molecule has 0 fully saturated rings. The predicted octanol–water partition coefficient (Wildman–Crippen LogP) is 1.91. The molecule has 1 atom stereocenters. The normalized spacial score (nSPS) is 12.6. The van der Waals surface area contributed by atoms with Crippen LogP contribution in [0, 0.1) is 0 Å². The van der Waals surface area contributed by atoms with Gasteiger partial charge in [-0.15, -0.1) is 11.3 Å². The Morgan fingerprint density at radius 2 is 1.95 bits per heavy atom. The number of anilines is 1. The standard InChI is InChI=1S/C13H25N3O2S/c1-5-14-11(2)12-10-15-13(19-12)16(6-8-17-3)7-9-18-4/h10-11,14H,5-9H2,1-4H3. The van der Waals surface area contributed by atoms with E-state index in [4.69, 9.17) is 9.47 Å². The van der Waals surface area contributed by atoms with E-state index in [9.17, 15) is 0 Å². The molecule has 1 N–H and O–H groups in total. The zero-order chi connectivity index (χ0) is 14.1. The van der Waals surface area contributed by atoms with Gasteiger partial charge in [-0.3, -0.25) is 0 Å². The maximum atomic E-state index is 5.15. The third kappa shape index (κ3) is 5.44. The van der Waals surface area contributed by atoms with Crippen LogP contribution in [-0.2, 0) is 9.47 Å². The molecule has 19 heavy (non-hydrogen) atoms. The van der Waals surface area contributed by atoms with Gasteiger partial charge in [0, 0.05) is 44.4 Å². The van der Waals surface area contributed by atoms with E-state index in [0.29, 0.717) is 19.3 Å². The van der Waals surface area contributed by atoms with Crippen LogP contribution in [0.25, 0.3) is 0 Å². The van der Waals surface area contributed by atoms with E-state index in [-0.39, 0.29) is 0 Å². The zero-order valence-corrected chi connectivity index (χ0v) is 13.1. The maximum absolute atomic E-state index is 5.15. The van der Waals surface area contributed by atoms with Gasteiger partial charge in [-0.1, -0.05) is 6.92 Å². The Balaban J connectivity index is 2.66.